The van der Waals surface area contributed by atoms with Crippen molar-refractivity contribution in [3.05, 3.63) is 413 Å². The van der Waals surface area contributed by atoms with Gasteiger partial charge in [0.05, 0.1) is 89.0 Å². The van der Waals surface area contributed by atoms with Gasteiger partial charge in [-0.1, -0.05) is 182 Å². The molecule has 0 aliphatic carbocycles. The fraction of sp³-hybridized carbons (Fsp3) is 0. The highest BCUT2D eigenvalue weighted by molar-refractivity contribution is 6.39. The van der Waals surface area contributed by atoms with Crippen LogP contribution in [-0.4, -0.2) is 77.4 Å². The molecule has 632 valence electrons. The molecule has 0 N–H and O–H groups in total. The molecular weight excluding hydrogens is 1670 g/mol. The lowest BCUT2D eigenvalue weighted by atomic mass is 9.91. The van der Waals surface area contributed by atoms with Crippen molar-refractivity contribution in [2.24, 2.45) is 0 Å². The molecule has 0 fully saturated rings. The van der Waals surface area contributed by atoms with Crippen molar-refractivity contribution in [1.82, 2.24) is 77.4 Å². The Hall–Kier alpha value is -18.9. The van der Waals surface area contributed by atoms with Crippen LogP contribution in [0.1, 0.15) is 0 Å². The molecule has 0 aliphatic rings. The summed E-state index contributed by atoms with van der Waals surface area (Å²) in [6.45, 7) is 0. The first-order valence-corrected chi connectivity index (χ1v) is 45.3. The van der Waals surface area contributed by atoms with Crippen LogP contribution in [0.4, 0.5) is 0 Å². The van der Waals surface area contributed by atoms with Crippen molar-refractivity contribution in [1.29, 1.82) is 0 Å². The zero-order chi connectivity index (χ0) is 88.9. The van der Waals surface area contributed by atoms with Crippen LogP contribution in [-0.2, 0) is 0 Å². The van der Waals surface area contributed by atoms with Crippen molar-refractivity contribution in [2.45, 2.75) is 0 Å². The zero-order valence-corrected chi connectivity index (χ0v) is 72.2. The third kappa shape index (κ3) is 11.2. The van der Waals surface area contributed by atoms with E-state index in [1.807, 2.05) is 146 Å². The molecule has 18 nitrogen and oxygen atoms in total. The summed E-state index contributed by atoms with van der Waals surface area (Å²) >= 11 is 0. The highest BCUT2D eigenvalue weighted by atomic mass is 16.4. The molecule has 14 aromatic heterocycles. The van der Waals surface area contributed by atoms with E-state index in [1.165, 1.54) is 43.1 Å². The first-order valence-electron chi connectivity index (χ1n) is 45.3. The molecule has 30 rings (SSSR count). The van der Waals surface area contributed by atoms with Gasteiger partial charge in [-0.3, -0.25) is 28.7 Å². The Kier molecular flexibility index (Phi) is 16.1. The van der Waals surface area contributed by atoms with Gasteiger partial charge in [-0.2, -0.15) is 0 Å². The molecule has 30 aromatic rings. The summed E-state index contributed by atoms with van der Waals surface area (Å²) in [6, 6.07) is 132. The minimum atomic E-state index is 0.473. The van der Waals surface area contributed by atoms with E-state index in [1.54, 1.807) is 0 Å². The Labute approximate surface area is 771 Å². The Morgan fingerprint density at radius 2 is 0.456 bits per heavy atom. The summed E-state index contributed by atoms with van der Waals surface area (Å²) < 4.78 is 25.9. The fourth-order valence-electron chi connectivity index (χ4n) is 21.5. The second-order valence-electron chi connectivity index (χ2n) is 34.7. The van der Waals surface area contributed by atoms with Crippen LogP contribution >= 0.6 is 0 Å². The molecular formula is C118H68N16O2. The summed E-state index contributed by atoms with van der Waals surface area (Å²) in [6.07, 6.45) is 11.8. The highest BCUT2D eigenvalue weighted by Gasteiger charge is 2.29. The lowest BCUT2D eigenvalue weighted by molar-refractivity contribution is 0.584. The van der Waals surface area contributed by atoms with Crippen LogP contribution in [0.3, 0.4) is 0 Å². The number of rotatable bonds is 12. The summed E-state index contributed by atoms with van der Waals surface area (Å²) in [7, 11) is 0. The zero-order valence-electron chi connectivity index (χ0n) is 72.2. The number of imidazole rings is 2. The monoisotopic (exact) mass is 1740 g/mol. The molecule has 0 atom stereocenters. The maximum Gasteiger partial charge on any atom is 0.248 e. The Morgan fingerprint density at radius 3 is 0.743 bits per heavy atom. The number of pyridine rings is 6. The van der Waals surface area contributed by atoms with Crippen LogP contribution in [0, 0.1) is 0 Å². The van der Waals surface area contributed by atoms with Gasteiger partial charge in [0.25, 0.3) is 0 Å². The van der Waals surface area contributed by atoms with Gasteiger partial charge < -0.3 is 27.1 Å². The van der Waals surface area contributed by atoms with Crippen molar-refractivity contribution in [3.63, 3.8) is 0 Å². The third-order valence-electron chi connectivity index (χ3n) is 27.3. The van der Waals surface area contributed by atoms with Gasteiger partial charge >= 0.3 is 0 Å². The van der Waals surface area contributed by atoms with Gasteiger partial charge in [0, 0.05) is 126 Å². The minimum Gasteiger partial charge on any atom is -0.416 e. The van der Waals surface area contributed by atoms with E-state index in [2.05, 4.69) is 315 Å². The van der Waals surface area contributed by atoms with Crippen LogP contribution < -0.4 is 0 Å². The number of hydrogen-bond donors (Lipinski definition) is 0. The Morgan fingerprint density at radius 1 is 0.199 bits per heavy atom. The molecule has 0 unspecified atom stereocenters. The largest absolute Gasteiger partial charge is 0.416 e. The maximum absolute atomic E-state index is 6.09. The predicted octanol–water partition coefficient (Wildman–Crippen LogP) is 28.5. The number of fused-ring (bicyclic) bond motifs is 18. The van der Waals surface area contributed by atoms with Crippen LogP contribution in [0.2, 0.25) is 0 Å². The number of benzene rings is 16. The Bertz CT molecular complexity index is 9520. The van der Waals surface area contributed by atoms with Crippen LogP contribution in [0.25, 0.3) is 277 Å². The SMILES string of the molecule is c1ccc(-c2c(-c3ccc(-n4c5cccnc5c5c6ccc7cc8c(c9ccc(cc54)c6c79)c4ncccc4n8-c4ccc(-c5nc6ccccn6c5-c5ccccc5)cc4)cc3)nc3ccccn23)cc1.c1ccc(-c2nnc(-c3ccc(-n4c5cccnc5c5c6ccc7cc8c(c9ccc(cc54)c6c79)c4ncccc4n8-c4ccc(-c5nnc(-c6ccccc6)o5)cc4)cc3)o2)cc1. The second-order valence-corrected chi connectivity index (χ2v) is 34.7. The van der Waals surface area contributed by atoms with Gasteiger partial charge in [0.2, 0.25) is 23.6 Å². The normalized spacial score (nSPS) is 12.1. The number of nitrogens with zero attached hydrogens (tertiary/aromatic N) is 16. The first kappa shape index (κ1) is 74.9. The van der Waals surface area contributed by atoms with E-state index >= 15 is 0 Å². The topological polar surface area (TPSA) is 184 Å². The average molecular weight is 1740 g/mol. The summed E-state index contributed by atoms with van der Waals surface area (Å²) in [5.74, 6) is 1.93. The van der Waals surface area contributed by atoms with Crippen molar-refractivity contribution >= 4 is 164 Å². The summed E-state index contributed by atoms with van der Waals surface area (Å²) in [4.78, 5) is 30.6. The number of hydrogen-bond acceptors (Lipinski definition) is 12. The molecule has 18 heteroatoms. The molecule has 0 saturated carbocycles. The smallest absolute Gasteiger partial charge is 0.248 e. The highest BCUT2D eigenvalue weighted by Crippen LogP contribution is 2.51. The van der Waals surface area contributed by atoms with Gasteiger partial charge in [-0.15, -0.1) is 20.4 Å². The molecule has 0 aliphatic heterocycles. The lowest BCUT2D eigenvalue weighted by Gasteiger charge is -2.15. The Balaban J connectivity index is 0.000000133. The second kappa shape index (κ2) is 29.3. The number of aromatic nitrogens is 16. The molecule has 0 amide bonds. The third-order valence-corrected chi connectivity index (χ3v) is 27.3. The van der Waals surface area contributed by atoms with Crippen molar-refractivity contribution in [3.8, 4) is 114 Å². The van der Waals surface area contributed by atoms with Crippen molar-refractivity contribution in [2.75, 3.05) is 0 Å². The summed E-state index contributed by atoms with van der Waals surface area (Å²) in [5, 5.41) is 36.1. The minimum absolute atomic E-state index is 0.473. The molecule has 16 aromatic carbocycles. The van der Waals surface area contributed by atoms with Gasteiger partial charge in [0.1, 0.15) is 11.3 Å². The van der Waals surface area contributed by atoms with E-state index in [4.69, 9.17) is 38.7 Å². The van der Waals surface area contributed by atoms with E-state index in [9.17, 15) is 0 Å². The molecule has 0 bridgehead atoms. The van der Waals surface area contributed by atoms with E-state index < -0.39 is 0 Å². The van der Waals surface area contributed by atoms with Gasteiger partial charge in [0.15, 0.2) is 0 Å². The average Bonchev–Trinajstić information content (AvgIpc) is 1.52. The molecule has 136 heavy (non-hydrogen) atoms. The lowest BCUT2D eigenvalue weighted by Crippen LogP contribution is -1.95. The predicted molar refractivity (Wildman–Crippen MR) is 546 cm³/mol. The maximum atomic E-state index is 6.09. The van der Waals surface area contributed by atoms with Crippen molar-refractivity contribution < 1.29 is 8.83 Å². The molecule has 0 spiro atoms. The molecule has 0 radical (unpaired) electrons. The van der Waals surface area contributed by atoms with E-state index in [0.717, 1.165) is 211 Å². The van der Waals surface area contributed by atoms with E-state index in [-0.39, 0.29) is 0 Å². The van der Waals surface area contributed by atoms with Gasteiger partial charge in [-0.25, -0.2) is 9.97 Å². The standard InChI is InChI=1S/C64H38N8.C54H30N8O2/c1-3-13-41(14-4-1)63-59(67-53-19-7-9-35-69(53)63)39-21-27-45(28-22-39)71-49-17-11-33-65-61(49)57-47-31-26-44-38-52-58(48-32-25-43(37-51(57)71)55(47)56(44)48)62-50(18-12-34-66-62)72(52)46-29-23-40(24-30-46)60-64(42-15-5-2-6-16-42)70-36-10-8-20-54(70)68-60;1-3-9-31(10-4-1)51-57-59-53(63-51)33-15-21-37(22-16-33)61-41-13-7-27-55-49(41)47-39-25-20-36-30-44-48(40-26-19-35(29-43(47)61)45(39)46(36)40)50-42(14-8-28-56-50)62(44)38-23-17-34(18-24-38)54-60-58-52(64-54)32-11-5-2-6-12-32/h1-38H;1-30H. The van der Waals surface area contributed by atoms with Crippen LogP contribution in [0.5, 0.6) is 0 Å². The summed E-state index contributed by atoms with van der Waals surface area (Å²) in [5.41, 5.74) is 30.3. The fourth-order valence-corrected chi connectivity index (χ4v) is 21.5. The molecule has 14 heterocycles. The van der Waals surface area contributed by atoms with Crippen LogP contribution in [0.15, 0.2) is 422 Å². The van der Waals surface area contributed by atoms with E-state index in [0.29, 0.717) is 23.6 Å². The first-order chi connectivity index (χ1) is 67.5. The molecule has 0 saturated heterocycles. The van der Waals surface area contributed by atoms with Gasteiger partial charge in [-0.05, 0) is 259 Å². The quantitative estimate of drug-likeness (QED) is 0.106.